The van der Waals surface area contributed by atoms with Crippen LogP contribution in [0.4, 0.5) is 0 Å². The fourth-order valence-corrected chi connectivity index (χ4v) is 6.25. The number of aromatic nitrogens is 1. The summed E-state index contributed by atoms with van der Waals surface area (Å²) in [5.41, 5.74) is 2.37. The van der Waals surface area contributed by atoms with Crippen molar-refractivity contribution < 1.29 is 14.6 Å². The molecule has 2 saturated heterocycles. The second kappa shape index (κ2) is 5.49. The second-order valence-corrected chi connectivity index (χ2v) is 8.33. The number of hydrogen-bond acceptors (Lipinski definition) is 3. The normalized spacial score (nSPS) is 35.2. The van der Waals surface area contributed by atoms with E-state index in [0.29, 0.717) is 11.8 Å². The molecule has 2 aromatic rings. The predicted molar refractivity (Wildman–Crippen MR) is 99.7 cm³/mol. The number of carbonyl (C=O) groups is 1. The first kappa shape index (κ1) is 16.2. The number of carboxylic acid groups (broad SMARTS) is 1. The van der Waals surface area contributed by atoms with E-state index in [4.69, 9.17) is 4.74 Å². The zero-order valence-corrected chi connectivity index (χ0v) is 15.4. The topological polar surface area (TPSA) is 65.6 Å². The predicted octanol–water partition coefficient (Wildman–Crippen LogP) is 3.18. The molecule has 2 N–H and O–H groups in total. The van der Waals surface area contributed by atoms with Crippen LogP contribution in [0.2, 0.25) is 0 Å². The number of ether oxygens (including phenoxy) is 1. The number of fused-ring (bicyclic) bond motifs is 4. The highest BCUT2D eigenvalue weighted by Gasteiger charge is 2.62. The van der Waals surface area contributed by atoms with E-state index in [1.165, 1.54) is 12.0 Å². The van der Waals surface area contributed by atoms with E-state index >= 15 is 0 Å². The highest BCUT2D eigenvalue weighted by atomic mass is 16.5. The van der Waals surface area contributed by atoms with E-state index < -0.39 is 11.4 Å². The number of hydrogen-bond donors (Lipinski definition) is 2. The van der Waals surface area contributed by atoms with Gasteiger partial charge in [0.15, 0.2) is 0 Å². The van der Waals surface area contributed by atoms with Crippen molar-refractivity contribution in [1.82, 2.24) is 9.88 Å². The van der Waals surface area contributed by atoms with Crippen LogP contribution in [0.5, 0.6) is 5.75 Å². The van der Waals surface area contributed by atoms with Gasteiger partial charge < -0.3 is 14.8 Å². The maximum Gasteiger partial charge on any atom is 0.317 e. The Morgan fingerprint density at radius 1 is 1.46 bits per heavy atom. The minimum absolute atomic E-state index is 0.103. The molecule has 0 spiro atoms. The molecule has 5 atom stereocenters. The Labute approximate surface area is 153 Å². The van der Waals surface area contributed by atoms with Crippen molar-refractivity contribution in [3.05, 3.63) is 29.5 Å². The number of H-pyrrole nitrogens is 1. The Bertz CT molecular complexity index is 889. The number of nitrogens with one attached hydrogen (secondary N) is 1. The monoisotopic (exact) mass is 354 g/mol. The maximum absolute atomic E-state index is 12.8. The summed E-state index contributed by atoms with van der Waals surface area (Å²) < 4.78 is 5.42. The first-order valence-corrected chi connectivity index (χ1v) is 9.75. The molecule has 1 aromatic heterocycles. The van der Waals surface area contributed by atoms with Crippen molar-refractivity contribution in [3.8, 4) is 5.75 Å². The average molecular weight is 354 g/mol. The largest absolute Gasteiger partial charge is 0.497 e. The summed E-state index contributed by atoms with van der Waals surface area (Å²) in [6.45, 7) is 4.22. The Morgan fingerprint density at radius 3 is 3.04 bits per heavy atom. The first-order valence-electron chi connectivity index (χ1n) is 9.75. The van der Waals surface area contributed by atoms with Gasteiger partial charge in [0.25, 0.3) is 0 Å². The highest BCUT2D eigenvalue weighted by molar-refractivity contribution is 5.91. The molecule has 1 saturated carbocycles. The summed E-state index contributed by atoms with van der Waals surface area (Å²) in [5.74, 6) is 1.11. The molecule has 4 aliphatic rings. The Hall–Kier alpha value is -2.01. The highest BCUT2D eigenvalue weighted by Crippen LogP contribution is 2.55. The molecule has 4 heterocycles. The third kappa shape index (κ3) is 1.92. The lowest BCUT2D eigenvalue weighted by molar-refractivity contribution is -0.158. The number of carboxylic acids is 1. The Morgan fingerprint density at radius 2 is 2.31 bits per heavy atom. The molecular weight excluding hydrogens is 328 g/mol. The lowest BCUT2D eigenvalue weighted by atomic mass is 9.56. The summed E-state index contributed by atoms with van der Waals surface area (Å²) in [4.78, 5) is 18.8. The maximum atomic E-state index is 12.8. The van der Waals surface area contributed by atoms with Crippen LogP contribution in [-0.4, -0.2) is 47.2 Å². The molecule has 0 amide bonds. The van der Waals surface area contributed by atoms with Crippen LogP contribution in [0.1, 0.15) is 37.4 Å². The lowest BCUT2D eigenvalue weighted by Crippen LogP contribution is -2.67. The number of methoxy groups -OCH3 is 1. The van der Waals surface area contributed by atoms with Crippen molar-refractivity contribution in [2.24, 2.45) is 11.8 Å². The van der Waals surface area contributed by atoms with Crippen LogP contribution in [0, 0.1) is 11.8 Å². The molecule has 0 unspecified atom stereocenters. The van der Waals surface area contributed by atoms with Crippen molar-refractivity contribution in [2.75, 3.05) is 20.2 Å². The molecule has 1 aliphatic carbocycles. The molecule has 0 radical (unpaired) electrons. The van der Waals surface area contributed by atoms with Gasteiger partial charge in [0, 0.05) is 35.7 Å². The molecule has 4 bridgehead atoms. The van der Waals surface area contributed by atoms with Crippen LogP contribution in [0.25, 0.3) is 10.9 Å². The van der Waals surface area contributed by atoms with Gasteiger partial charge in [-0.15, -0.1) is 0 Å². The van der Waals surface area contributed by atoms with Crippen LogP contribution in [0.3, 0.4) is 0 Å². The number of rotatable bonds is 3. The lowest BCUT2D eigenvalue weighted by Gasteiger charge is -2.57. The zero-order chi connectivity index (χ0) is 18.1. The quantitative estimate of drug-likeness (QED) is 0.888. The molecule has 3 aliphatic heterocycles. The molecule has 138 valence electrons. The Balaban J connectivity index is 1.78. The third-order valence-electron chi connectivity index (χ3n) is 7.20. The van der Waals surface area contributed by atoms with Gasteiger partial charge in [-0.25, -0.2) is 0 Å². The second-order valence-electron chi connectivity index (χ2n) is 8.33. The fraction of sp³-hybridized carbons (Fsp3) is 0.571. The van der Waals surface area contributed by atoms with Gasteiger partial charge in [0.1, 0.15) is 11.2 Å². The molecular formula is C21H26N2O3. The molecule has 1 aromatic carbocycles. The van der Waals surface area contributed by atoms with E-state index in [0.717, 1.165) is 54.7 Å². The van der Waals surface area contributed by atoms with Crippen molar-refractivity contribution in [2.45, 2.75) is 44.1 Å². The smallest absolute Gasteiger partial charge is 0.317 e. The molecule has 6 rings (SSSR count). The summed E-state index contributed by atoms with van der Waals surface area (Å²) in [6, 6.07) is 6.13. The van der Waals surface area contributed by atoms with Gasteiger partial charge in [-0.3, -0.25) is 9.69 Å². The third-order valence-corrected chi connectivity index (χ3v) is 7.20. The van der Waals surface area contributed by atoms with E-state index in [9.17, 15) is 9.90 Å². The van der Waals surface area contributed by atoms with E-state index in [-0.39, 0.29) is 6.04 Å². The number of aromatic amines is 1. The molecule has 5 heteroatoms. The van der Waals surface area contributed by atoms with E-state index in [1.54, 1.807) is 7.11 Å². The summed E-state index contributed by atoms with van der Waals surface area (Å²) in [6.07, 6.45) is 3.89. The number of nitrogens with zero attached hydrogens (tertiary/aromatic N) is 1. The SMILES string of the molecule is CC[C@H]1C[C@H]2C[N@]3CCc4c([nH]c5ccc(OC)cc45)[C@](C(=O)O)(C2)[C@H]13. The van der Waals surface area contributed by atoms with Crippen molar-refractivity contribution in [1.29, 1.82) is 0 Å². The zero-order valence-electron chi connectivity index (χ0n) is 15.4. The molecule has 26 heavy (non-hydrogen) atoms. The van der Waals surface area contributed by atoms with Gasteiger partial charge in [-0.2, -0.15) is 0 Å². The Kier molecular flexibility index (Phi) is 3.42. The van der Waals surface area contributed by atoms with Gasteiger partial charge in [-0.05, 0) is 54.9 Å². The van der Waals surface area contributed by atoms with Crippen molar-refractivity contribution in [3.63, 3.8) is 0 Å². The number of benzene rings is 1. The van der Waals surface area contributed by atoms with Gasteiger partial charge in [0.2, 0.25) is 0 Å². The van der Waals surface area contributed by atoms with Crippen LogP contribution < -0.4 is 4.74 Å². The van der Waals surface area contributed by atoms with E-state index in [1.807, 2.05) is 12.1 Å². The number of aliphatic carboxylic acids is 1. The van der Waals surface area contributed by atoms with Crippen LogP contribution in [0.15, 0.2) is 18.2 Å². The van der Waals surface area contributed by atoms with Gasteiger partial charge >= 0.3 is 5.97 Å². The van der Waals surface area contributed by atoms with Gasteiger partial charge in [0.05, 0.1) is 7.11 Å². The summed E-state index contributed by atoms with van der Waals surface area (Å²) >= 11 is 0. The van der Waals surface area contributed by atoms with Gasteiger partial charge in [-0.1, -0.05) is 13.3 Å². The fourth-order valence-electron chi connectivity index (χ4n) is 6.25. The molecule has 5 nitrogen and oxygen atoms in total. The summed E-state index contributed by atoms with van der Waals surface area (Å²) in [7, 11) is 1.68. The average Bonchev–Trinajstić information content (AvgIpc) is 2.99. The standard InChI is InChI=1S/C21H26N2O3/c1-3-13-8-12-10-21(20(24)25)18-15(6-7-23(11-12)19(13)21)16-9-14(26-2)4-5-17(16)22-18/h4-5,9,12-13,19,22H,3,6-8,10-11H2,1-2H3,(H,24,25)/t12-,13+,19+,21-/m1/s1. The van der Waals surface area contributed by atoms with Crippen LogP contribution >= 0.6 is 0 Å². The van der Waals surface area contributed by atoms with E-state index in [2.05, 4.69) is 22.9 Å². The number of piperidine rings is 2. The van der Waals surface area contributed by atoms with Crippen LogP contribution in [-0.2, 0) is 16.6 Å². The first-order chi connectivity index (χ1) is 12.6. The minimum atomic E-state index is -0.806. The molecule has 3 fully saturated rings. The van der Waals surface area contributed by atoms with Crippen molar-refractivity contribution >= 4 is 16.9 Å². The minimum Gasteiger partial charge on any atom is -0.497 e. The summed E-state index contributed by atoms with van der Waals surface area (Å²) in [5, 5.41) is 11.6.